The van der Waals surface area contributed by atoms with Crippen molar-refractivity contribution in [3.05, 3.63) is 78.8 Å². The molecular weight excluding hydrogens is 787 g/mol. The molecule has 15 heteroatoms. The van der Waals surface area contributed by atoms with Crippen molar-refractivity contribution < 1.29 is 28.7 Å². The van der Waals surface area contributed by atoms with E-state index in [0.717, 1.165) is 94.7 Å². The van der Waals surface area contributed by atoms with Crippen LogP contribution in [0.2, 0.25) is 0 Å². The Morgan fingerprint density at radius 2 is 1.18 bits per heavy atom. The van der Waals surface area contributed by atoms with Gasteiger partial charge in [0.25, 0.3) is 0 Å². The predicted octanol–water partition coefficient (Wildman–Crippen LogP) is 7.12. The number of piperidine rings is 2. The number of amides is 4. The van der Waals surface area contributed by atoms with Crippen LogP contribution in [0.25, 0.3) is 44.5 Å². The molecule has 4 bridgehead atoms. The highest BCUT2D eigenvalue weighted by Crippen LogP contribution is 2.54. The number of carbonyl (C=O) groups excluding carboxylic acids is 4. The van der Waals surface area contributed by atoms with Gasteiger partial charge in [0.05, 0.1) is 43.5 Å². The van der Waals surface area contributed by atoms with Gasteiger partial charge in [-0.1, -0.05) is 70.2 Å². The number of methoxy groups -OCH3 is 2. The molecule has 2 aliphatic heterocycles. The van der Waals surface area contributed by atoms with E-state index in [9.17, 15) is 19.2 Å². The summed E-state index contributed by atoms with van der Waals surface area (Å²) in [5.74, 6) is 1.81. The molecule has 2 aromatic carbocycles. The highest BCUT2D eigenvalue weighted by molar-refractivity contribution is 6.02. The molecule has 324 valence electrons. The summed E-state index contributed by atoms with van der Waals surface area (Å²) in [7, 11) is 2.61. The lowest BCUT2D eigenvalue weighted by Gasteiger charge is -2.40. The number of aromatic nitrogens is 5. The normalized spacial score (nSPS) is 23.6. The van der Waals surface area contributed by atoms with Crippen molar-refractivity contribution in [1.29, 1.82) is 0 Å². The first-order chi connectivity index (χ1) is 29.8. The van der Waals surface area contributed by atoms with Crippen LogP contribution >= 0.6 is 0 Å². The summed E-state index contributed by atoms with van der Waals surface area (Å²) in [5, 5.41) is 6.49. The lowest BCUT2D eigenvalue weighted by atomic mass is 9.93. The molecule has 3 aromatic heterocycles. The first-order valence-corrected chi connectivity index (χ1v) is 21.8. The molecule has 0 radical (unpaired) electrons. The topological polar surface area (TPSA) is 188 Å². The second-order valence-electron chi connectivity index (χ2n) is 18.3. The van der Waals surface area contributed by atoms with Gasteiger partial charge in [-0.2, -0.15) is 0 Å². The number of fused-ring (bicyclic) bond motifs is 5. The largest absolute Gasteiger partial charge is 0.453 e. The van der Waals surface area contributed by atoms with E-state index in [4.69, 9.17) is 24.4 Å². The summed E-state index contributed by atoms with van der Waals surface area (Å²) in [4.78, 5) is 78.3. The van der Waals surface area contributed by atoms with Gasteiger partial charge in [-0.15, -0.1) is 0 Å². The van der Waals surface area contributed by atoms with Crippen molar-refractivity contribution in [1.82, 2.24) is 45.4 Å². The summed E-state index contributed by atoms with van der Waals surface area (Å²) in [6.07, 6.45) is 9.55. The van der Waals surface area contributed by atoms with Gasteiger partial charge in [0, 0.05) is 35.8 Å². The van der Waals surface area contributed by atoms with Crippen molar-refractivity contribution in [2.45, 2.75) is 89.4 Å². The van der Waals surface area contributed by atoms with Gasteiger partial charge in [0.2, 0.25) is 11.8 Å². The summed E-state index contributed by atoms with van der Waals surface area (Å²) >= 11 is 0. The molecule has 62 heavy (non-hydrogen) atoms. The Labute approximate surface area is 360 Å². The van der Waals surface area contributed by atoms with Crippen molar-refractivity contribution in [2.75, 3.05) is 27.3 Å². The van der Waals surface area contributed by atoms with Crippen LogP contribution in [0.3, 0.4) is 0 Å². The Bertz CT molecular complexity index is 2530. The number of nitrogens with one attached hydrogen (secondary N) is 4. The van der Waals surface area contributed by atoms with E-state index >= 15 is 0 Å². The molecule has 4 N–H and O–H groups in total. The van der Waals surface area contributed by atoms with E-state index in [0.29, 0.717) is 24.9 Å². The molecule has 2 saturated heterocycles. The number of carbonyl (C=O) groups is 4. The van der Waals surface area contributed by atoms with Crippen LogP contribution in [0.5, 0.6) is 0 Å². The van der Waals surface area contributed by atoms with Crippen LogP contribution in [0.1, 0.15) is 77.9 Å². The quantitative estimate of drug-likeness (QED) is 0.107. The predicted molar refractivity (Wildman–Crippen MR) is 232 cm³/mol. The van der Waals surface area contributed by atoms with E-state index in [-0.39, 0.29) is 23.7 Å². The molecule has 15 nitrogen and oxygen atoms in total. The fourth-order valence-electron chi connectivity index (χ4n) is 10.8. The summed E-state index contributed by atoms with van der Waals surface area (Å²) in [6.45, 7) is 8.96. The maximum absolute atomic E-state index is 14.1. The van der Waals surface area contributed by atoms with Crippen LogP contribution in [-0.2, 0) is 30.1 Å². The number of hydrogen-bond donors (Lipinski definition) is 4. The smallest absolute Gasteiger partial charge is 0.407 e. The number of nitrogens with zero attached hydrogens (tertiary/aromatic N) is 5. The number of ether oxygens (including phenoxy) is 2. The zero-order chi connectivity index (χ0) is 43.5. The van der Waals surface area contributed by atoms with Crippen molar-refractivity contribution in [3.8, 4) is 33.6 Å². The zero-order valence-electron chi connectivity index (χ0n) is 36.2. The summed E-state index contributed by atoms with van der Waals surface area (Å²) in [5.41, 5.74) is 5.34. The summed E-state index contributed by atoms with van der Waals surface area (Å²) in [6, 6.07) is 15.1. The Morgan fingerprint density at radius 3 is 1.69 bits per heavy atom. The van der Waals surface area contributed by atoms with E-state index in [2.05, 4.69) is 63.1 Å². The molecular formula is C47H55N9O6. The third-order valence-corrected chi connectivity index (χ3v) is 14.0. The third-order valence-electron chi connectivity index (χ3n) is 14.0. The number of imidazole rings is 2. The number of H-pyrrole nitrogens is 2. The second kappa shape index (κ2) is 15.9. The molecule has 0 spiro atoms. The third kappa shape index (κ3) is 6.85. The number of aromatic amines is 2. The van der Waals surface area contributed by atoms with Gasteiger partial charge in [-0.25, -0.2) is 19.6 Å². The molecule has 4 aliphatic rings. The average Bonchev–Trinajstić information content (AvgIpc) is 4.16. The maximum atomic E-state index is 14.1. The van der Waals surface area contributed by atoms with Gasteiger partial charge in [-0.05, 0) is 79.4 Å². The molecule has 2 aliphatic carbocycles. The summed E-state index contributed by atoms with van der Waals surface area (Å²) < 4.78 is 9.68. The fourth-order valence-corrected chi connectivity index (χ4v) is 10.8. The number of alkyl carbamates (subject to hydrolysis) is 2. The number of likely N-dealkylation sites (tertiary alicyclic amines) is 2. The maximum Gasteiger partial charge on any atom is 0.407 e. The van der Waals surface area contributed by atoms with E-state index in [1.165, 1.54) is 14.2 Å². The minimum absolute atomic E-state index is 0.111. The lowest BCUT2D eigenvalue weighted by Crippen LogP contribution is -2.56. The molecule has 9 rings (SSSR count). The van der Waals surface area contributed by atoms with Crippen LogP contribution in [0.15, 0.2) is 67.1 Å². The fraction of sp³-hybridized carbons (Fsp3) is 0.468. The van der Waals surface area contributed by atoms with Crippen LogP contribution in [-0.4, -0.2) is 98.1 Å². The molecule has 5 heterocycles. The molecule has 4 fully saturated rings. The minimum atomic E-state index is -0.710. The average molecular weight is 842 g/mol. The first kappa shape index (κ1) is 41.1. The van der Waals surface area contributed by atoms with Gasteiger partial charge in [-0.3, -0.25) is 14.6 Å². The lowest BCUT2D eigenvalue weighted by molar-refractivity contribution is -0.141. The number of pyridine rings is 1. The Balaban J connectivity index is 0.966. The van der Waals surface area contributed by atoms with Crippen molar-refractivity contribution >= 4 is 34.9 Å². The van der Waals surface area contributed by atoms with Gasteiger partial charge >= 0.3 is 12.2 Å². The number of hydrogen-bond acceptors (Lipinski definition) is 9. The standard InChI is InChI=1S/C47H55N9O6/c1-26(2)37(53-44(59)61-5)40(57)55-24-28-15-17-46(55,20-28)42-49-22-35(51-42)31-11-9-30(10-12-31)32-13-14-33(34-8-7-19-48-39(32)34)36-23-50-43(52-36)47-18-16-29(21-47)25-56(47)41(58)38(27(3)4)54-45(60)62-6/h7-14,19,22-23,26-29,37-38H,15-18,20-21,24-25H2,1-6H3,(H,49,51)(H,50,52)(H,53,59)(H,54,60)/t28-,29-,37-,38-,46-,47-/m0/s1. The zero-order valence-corrected chi connectivity index (χ0v) is 36.2. The molecule has 6 atom stereocenters. The number of rotatable bonds is 11. The van der Waals surface area contributed by atoms with Crippen molar-refractivity contribution in [3.63, 3.8) is 0 Å². The van der Waals surface area contributed by atoms with E-state index < -0.39 is 35.3 Å². The van der Waals surface area contributed by atoms with Gasteiger partial charge in [0.15, 0.2) is 0 Å². The molecule has 5 aromatic rings. The number of benzene rings is 2. The van der Waals surface area contributed by atoms with Gasteiger partial charge < -0.3 is 39.9 Å². The Morgan fingerprint density at radius 1 is 0.677 bits per heavy atom. The van der Waals surface area contributed by atoms with E-state index in [1.807, 2.05) is 56.0 Å². The van der Waals surface area contributed by atoms with Crippen LogP contribution < -0.4 is 10.6 Å². The monoisotopic (exact) mass is 841 g/mol. The van der Waals surface area contributed by atoms with Crippen molar-refractivity contribution in [2.24, 2.45) is 23.7 Å². The second-order valence-corrected chi connectivity index (χ2v) is 18.3. The highest BCUT2D eigenvalue weighted by Gasteiger charge is 2.58. The molecule has 2 saturated carbocycles. The Hall–Kier alpha value is -6.25. The Kier molecular flexibility index (Phi) is 10.5. The minimum Gasteiger partial charge on any atom is -0.453 e. The van der Waals surface area contributed by atoms with Gasteiger partial charge in [0.1, 0.15) is 34.8 Å². The van der Waals surface area contributed by atoms with Crippen LogP contribution in [0.4, 0.5) is 9.59 Å². The molecule has 0 unspecified atom stereocenters. The highest BCUT2D eigenvalue weighted by atomic mass is 16.5. The molecule has 4 amide bonds. The first-order valence-electron chi connectivity index (χ1n) is 21.8. The van der Waals surface area contributed by atoms with E-state index in [1.54, 1.807) is 6.20 Å². The van der Waals surface area contributed by atoms with Crippen LogP contribution in [0, 0.1) is 23.7 Å². The SMILES string of the molecule is COC(=O)N[C@H](C(=O)N1C[C@H]2CC[C@@]1(c1ncc(-c3ccc(-c4ccc(-c5cnc([C@@]67CC[C@H](CN6C(=O)[C@@H](NC(=O)OC)C(C)C)C7)[nH]5)c5cccnc45)cc3)[nH]1)C2)C(C)C.